The van der Waals surface area contributed by atoms with Crippen molar-refractivity contribution >= 4 is 11.8 Å². The molecule has 3 aromatic rings. The monoisotopic (exact) mass is 450 g/mol. The molecule has 0 aliphatic heterocycles. The van der Waals surface area contributed by atoms with E-state index < -0.39 is 18.2 Å². The van der Waals surface area contributed by atoms with Crippen LogP contribution >= 0.6 is 0 Å². The van der Waals surface area contributed by atoms with Gasteiger partial charge in [0.15, 0.2) is 0 Å². The van der Waals surface area contributed by atoms with E-state index in [0.717, 1.165) is 16.8 Å². The van der Waals surface area contributed by atoms with Crippen molar-refractivity contribution in [1.82, 2.24) is 15.1 Å². The zero-order chi connectivity index (χ0) is 23.6. The van der Waals surface area contributed by atoms with Gasteiger partial charge in [0.05, 0.1) is 30.0 Å². The summed E-state index contributed by atoms with van der Waals surface area (Å²) in [4.78, 5) is 13.1. The van der Waals surface area contributed by atoms with Gasteiger partial charge in [0.2, 0.25) is 5.88 Å². The zero-order valence-corrected chi connectivity index (χ0v) is 19.1. The maximum atomic E-state index is 13.1. The molecule has 0 bridgehead atoms. The summed E-state index contributed by atoms with van der Waals surface area (Å²) in [5, 5.41) is 30.3. The van der Waals surface area contributed by atoms with E-state index in [4.69, 9.17) is 9.84 Å². The molecule has 1 aliphatic carbocycles. The van der Waals surface area contributed by atoms with Gasteiger partial charge in [-0.3, -0.25) is 5.32 Å². The lowest BCUT2D eigenvalue weighted by Crippen LogP contribution is -2.45. The molecule has 174 valence electrons. The van der Waals surface area contributed by atoms with Crippen LogP contribution in [0.25, 0.3) is 5.69 Å². The van der Waals surface area contributed by atoms with Crippen molar-refractivity contribution in [1.29, 1.82) is 0 Å². The molecule has 2 aromatic carbocycles. The fourth-order valence-electron chi connectivity index (χ4n) is 4.46. The lowest BCUT2D eigenvalue weighted by atomic mass is 9.70. The molecule has 4 N–H and O–H groups in total. The highest BCUT2D eigenvalue weighted by atomic mass is 16.5. The maximum absolute atomic E-state index is 13.1. The molecule has 1 heterocycles. The van der Waals surface area contributed by atoms with Crippen LogP contribution in [-0.4, -0.2) is 45.3 Å². The summed E-state index contributed by atoms with van der Waals surface area (Å²) in [6.45, 7) is 5.94. The van der Waals surface area contributed by atoms with Crippen LogP contribution in [0.1, 0.15) is 43.0 Å². The Hall–Kier alpha value is -3.36. The number of fused-ring (bicyclic) bond motifs is 1. The minimum atomic E-state index is -0.718. The number of carbonyl (C=O) groups excluding carboxylic acids is 1. The van der Waals surface area contributed by atoms with Crippen LogP contribution in [0.5, 0.6) is 5.88 Å². The number of nitrogens with one attached hydrogen (secondary N) is 2. The third kappa shape index (κ3) is 4.58. The number of amides is 2. The number of hydrogen-bond acceptors (Lipinski definition) is 5. The molecule has 8 heteroatoms. The van der Waals surface area contributed by atoms with Crippen LogP contribution in [0.4, 0.5) is 10.6 Å². The molecule has 0 saturated heterocycles. The molecule has 1 aromatic heterocycles. The quantitative estimate of drug-likeness (QED) is 0.460. The molecule has 0 unspecified atom stereocenters. The van der Waals surface area contributed by atoms with Gasteiger partial charge >= 0.3 is 6.03 Å². The van der Waals surface area contributed by atoms with Gasteiger partial charge in [-0.15, -0.1) is 5.10 Å². The molecule has 0 spiro atoms. The fourth-order valence-corrected chi connectivity index (χ4v) is 4.46. The second-order valence-corrected chi connectivity index (χ2v) is 8.92. The Labute approximate surface area is 193 Å². The lowest BCUT2D eigenvalue weighted by molar-refractivity contribution is 0.0883. The highest BCUT2D eigenvalue weighted by Gasteiger charge is 2.39. The smallest absolute Gasteiger partial charge is 0.320 e. The first kappa shape index (κ1) is 22.8. The SMILES string of the molecule is Cc1c(OCCO)nn(-c2ccccc2)c1NC(=O)N[C@@H]1c2ccccc2C(C)(C)C[C@H]1O. The summed E-state index contributed by atoms with van der Waals surface area (Å²) in [7, 11) is 0. The number of para-hydroxylation sites is 1. The van der Waals surface area contributed by atoms with E-state index in [9.17, 15) is 9.90 Å². The van der Waals surface area contributed by atoms with Crippen molar-refractivity contribution in [2.75, 3.05) is 18.5 Å². The van der Waals surface area contributed by atoms with Gasteiger partial charge in [-0.05, 0) is 42.0 Å². The number of rotatable bonds is 6. The van der Waals surface area contributed by atoms with Gasteiger partial charge in [-0.25, -0.2) is 9.48 Å². The Bertz CT molecular complexity index is 1130. The molecule has 8 nitrogen and oxygen atoms in total. The van der Waals surface area contributed by atoms with E-state index in [0.29, 0.717) is 23.7 Å². The van der Waals surface area contributed by atoms with Crippen molar-refractivity contribution in [3.05, 3.63) is 71.3 Å². The molecule has 0 saturated carbocycles. The molecule has 33 heavy (non-hydrogen) atoms. The van der Waals surface area contributed by atoms with Gasteiger partial charge in [0.1, 0.15) is 12.4 Å². The molecule has 1 aliphatic rings. The summed E-state index contributed by atoms with van der Waals surface area (Å²) in [6.07, 6.45) is -0.182. The first-order chi connectivity index (χ1) is 15.8. The van der Waals surface area contributed by atoms with Crippen LogP contribution in [-0.2, 0) is 5.41 Å². The van der Waals surface area contributed by atoms with E-state index >= 15 is 0 Å². The van der Waals surface area contributed by atoms with Crippen LogP contribution < -0.4 is 15.4 Å². The average Bonchev–Trinajstić information content (AvgIpc) is 3.10. The van der Waals surface area contributed by atoms with Crippen molar-refractivity contribution in [2.24, 2.45) is 0 Å². The standard InChI is InChI=1S/C25H30N4O4/c1-16-22(29(17-9-5-4-6-10-17)28-23(16)33-14-13-30)27-24(32)26-21-18-11-7-8-12-19(18)25(2,3)15-20(21)31/h4-12,20-21,30-31H,13-15H2,1-3H3,(H2,26,27,32)/t20-,21-/m1/s1. The van der Waals surface area contributed by atoms with E-state index in [1.54, 1.807) is 11.6 Å². The first-order valence-electron chi connectivity index (χ1n) is 11.1. The second kappa shape index (κ2) is 9.25. The minimum absolute atomic E-state index is 0.0963. The van der Waals surface area contributed by atoms with Crippen LogP contribution in [0.15, 0.2) is 54.6 Å². The molecule has 2 amide bonds. The van der Waals surface area contributed by atoms with Gasteiger partial charge in [0.25, 0.3) is 0 Å². The fraction of sp³-hybridized carbons (Fsp3) is 0.360. The number of urea groups is 1. The van der Waals surface area contributed by atoms with Gasteiger partial charge in [-0.2, -0.15) is 0 Å². The number of hydrogen-bond donors (Lipinski definition) is 4. The second-order valence-electron chi connectivity index (χ2n) is 8.92. The number of carbonyl (C=O) groups is 1. The Morgan fingerprint density at radius 3 is 2.61 bits per heavy atom. The number of ether oxygens (including phenoxy) is 1. The number of anilines is 1. The number of nitrogens with zero attached hydrogens (tertiary/aromatic N) is 2. The largest absolute Gasteiger partial charge is 0.474 e. The molecule has 0 fully saturated rings. The van der Waals surface area contributed by atoms with Gasteiger partial charge in [-0.1, -0.05) is 56.3 Å². The number of benzene rings is 2. The Morgan fingerprint density at radius 2 is 1.88 bits per heavy atom. The summed E-state index contributed by atoms with van der Waals surface area (Å²) in [6, 6.07) is 16.3. The van der Waals surface area contributed by atoms with E-state index in [-0.39, 0.29) is 18.6 Å². The Morgan fingerprint density at radius 1 is 1.18 bits per heavy atom. The predicted octanol–water partition coefficient (Wildman–Crippen LogP) is 3.46. The molecule has 2 atom stereocenters. The van der Waals surface area contributed by atoms with Gasteiger partial charge in [0, 0.05) is 0 Å². The Balaban J connectivity index is 1.62. The van der Waals surface area contributed by atoms with Crippen LogP contribution in [0.3, 0.4) is 0 Å². The summed E-state index contributed by atoms with van der Waals surface area (Å²) in [5.41, 5.74) is 3.22. The molecule has 0 radical (unpaired) electrons. The normalized spacial score (nSPS) is 18.9. The third-order valence-electron chi connectivity index (χ3n) is 6.06. The zero-order valence-electron chi connectivity index (χ0n) is 19.1. The predicted molar refractivity (Wildman–Crippen MR) is 126 cm³/mol. The van der Waals surface area contributed by atoms with Crippen LogP contribution in [0.2, 0.25) is 0 Å². The van der Waals surface area contributed by atoms with Gasteiger partial charge < -0.3 is 20.3 Å². The summed E-state index contributed by atoms with van der Waals surface area (Å²) >= 11 is 0. The van der Waals surface area contributed by atoms with E-state index in [1.807, 2.05) is 54.6 Å². The minimum Gasteiger partial charge on any atom is -0.474 e. The third-order valence-corrected chi connectivity index (χ3v) is 6.06. The summed E-state index contributed by atoms with van der Waals surface area (Å²) < 4.78 is 7.15. The summed E-state index contributed by atoms with van der Waals surface area (Å²) in [5.74, 6) is 0.776. The number of aliphatic hydroxyl groups excluding tert-OH is 2. The van der Waals surface area contributed by atoms with E-state index in [1.165, 1.54) is 0 Å². The number of aromatic nitrogens is 2. The van der Waals surface area contributed by atoms with Crippen molar-refractivity contribution in [3.8, 4) is 11.6 Å². The molecular formula is C25H30N4O4. The first-order valence-corrected chi connectivity index (χ1v) is 11.1. The van der Waals surface area contributed by atoms with Crippen molar-refractivity contribution in [2.45, 2.75) is 44.8 Å². The lowest BCUT2D eigenvalue weighted by Gasteiger charge is -2.40. The highest BCUT2D eigenvalue weighted by molar-refractivity contribution is 5.90. The number of aliphatic hydroxyl groups is 2. The maximum Gasteiger partial charge on any atom is 0.320 e. The van der Waals surface area contributed by atoms with E-state index in [2.05, 4.69) is 29.6 Å². The highest BCUT2D eigenvalue weighted by Crippen LogP contribution is 2.41. The Kier molecular flexibility index (Phi) is 6.40. The topological polar surface area (TPSA) is 109 Å². The average molecular weight is 451 g/mol. The molecule has 4 rings (SSSR count). The molecular weight excluding hydrogens is 420 g/mol. The van der Waals surface area contributed by atoms with Crippen LogP contribution in [0, 0.1) is 6.92 Å². The van der Waals surface area contributed by atoms with Crippen molar-refractivity contribution in [3.63, 3.8) is 0 Å². The van der Waals surface area contributed by atoms with Crippen molar-refractivity contribution < 1.29 is 19.7 Å².